The summed E-state index contributed by atoms with van der Waals surface area (Å²) in [6.07, 6.45) is 2.22. The first-order chi connectivity index (χ1) is 10.3. The minimum atomic E-state index is -0.786. The quantitative estimate of drug-likeness (QED) is 0.732. The van der Waals surface area contributed by atoms with E-state index < -0.39 is 5.97 Å². The molecule has 0 aliphatic rings. The second-order valence-electron chi connectivity index (χ2n) is 5.11. The van der Waals surface area contributed by atoms with Crippen molar-refractivity contribution < 1.29 is 9.90 Å². The van der Waals surface area contributed by atoms with Crippen molar-refractivity contribution in [3.05, 3.63) is 71.3 Å². The van der Waals surface area contributed by atoms with E-state index in [0.717, 1.165) is 37.1 Å². The average molecular weight is 283 g/mol. The van der Waals surface area contributed by atoms with Crippen molar-refractivity contribution in [2.24, 2.45) is 0 Å². The fraction of sp³-hybridized carbons (Fsp3) is 0.278. The number of hydrogen-bond acceptors (Lipinski definition) is 2. The van der Waals surface area contributed by atoms with Crippen LogP contribution >= 0.6 is 0 Å². The molecule has 2 N–H and O–H groups in total. The van der Waals surface area contributed by atoms with Crippen LogP contribution in [0.5, 0.6) is 0 Å². The molecule has 21 heavy (non-hydrogen) atoms. The molecule has 0 radical (unpaired) electrons. The summed E-state index contributed by atoms with van der Waals surface area (Å²) in [5, 5.41) is 12.3. The van der Waals surface area contributed by atoms with E-state index in [1.54, 1.807) is 0 Å². The summed E-state index contributed by atoms with van der Waals surface area (Å²) in [4.78, 5) is 10.8. The van der Waals surface area contributed by atoms with Gasteiger partial charge in [0.15, 0.2) is 0 Å². The van der Waals surface area contributed by atoms with Crippen molar-refractivity contribution in [2.75, 3.05) is 6.54 Å². The number of rotatable bonds is 8. The molecule has 0 unspecified atom stereocenters. The van der Waals surface area contributed by atoms with Crippen LogP contribution in [0.15, 0.2) is 54.6 Å². The van der Waals surface area contributed by atoms with E-state index >= 15 is 0 Å². The van der Waals surface area contributed by atoms with Crippen molar-refractivity contribution in [2.45, 2.75) is 25.8 Å². The Morgan fingerprint density at radius 1 is 0.952 bits per heavy atom. The predicted octanol–water partition coefficient (Wildman–Crippen LogP) is 3.04. The number of carboxylic acid groups (broad SMARTS) is 1. The summed E-state index contributed by atoms with van der Waals surface area (Å²) < 4.78 is 0. The van der Waals surface area contributed by atoms with Crippen LogP contribution in [0.4, 0.5) is 0 Å². The van der Waals surface area contributed by atoms with Gasteiger partial charge in [-0.05, 0) is 36.1 Å². The molecule has 3 heteroatoms. The van der Waals surface area contributed by atoms with E-state index in [1.165, 1.54) is 5.56 Å². The van der Waals surface area contributed by atoms with Gasteiger partial charge in [-0.1, -0.05) is 54.6 Å². The zero-order valence-electron chi connectivity index (χ0n) is 12.1. The molecule has 0 fully saturated rings. The molecule has 0 aromatic heterocycles. The molecule has 0 atom stereocenters. The average Bonchev–Trinajstić information content (AvgIpc) is 2.49. The van der Waals surface area contributed by atoms with Crippen molar-refractivity contribution in [3.8, 4) is 0 Å². The van der Waals surface area contributed by atoms with Gasteiger partial charge < -0.3 is 10.4 Å². The molecular weight excluding hydrogens is 262 g/mol. The third-order valence-corrected chi connectivity index (χ3v) is 3.44. The Bertz CT molecular complexity index is 566. The molecule has 0 bridgehead atoms. The highest BCUT2D eigenvalue weighted by molar-refractivity contribution is 5.70. The van der Waals surface area contributed by atoms with Crippen LogP contribution in [0.2, 0.25) is 0 Å². The monoisotopic (exact) mass is 283 g/mol. The first-order valence-electron chi connectivity index (χ1n) is 7.29. The maximum Gasteiger partial charge on any atom is 0.307 e. The van der Waals surface area contributed by atoms with Gasteiger partial charge >= 0.3 is 5.97 Å². The van der Waals surface area contributed by atoms with Gasteiger partial charge in [0.05, 0.1) is 6.42 Å². The molecule has 2 aromatic rings. The lowest BCUT2D eigenvalue weighted by molar-refractivity contribution is -0.136. The van der Waals surface area contributed by atoms with E-state index in [-0.39, 0.29) is 6.42 Å². The van der Waals surface area contributed by atoms with Gasteiger partial charge in [-0.2, -0.15) is 0 Å². The molecule has 2 rings (SSSR count). The third kappa shape index (κ3) is 5.40. The van der Waals surface area contributed by atoms with Crippen LogP contribution in [-0.4, -0.2) is 17.6 Å². The van der Waals surface area contributed by atoms with Crippen LogP contribution in [0.3, 0.4) is 0 Å². The van der Waals surface area contributed by atoms with Gasteiger partial charge in [-0.25, -0.2) is 0 Å². The Morgan fingerprint density at radius 2 is 1.62 bits per heavy atom. The van der Waals surface area contributed by atoms with Crippen molar-refractivity contribution in [1.29, 1.82) is 0 Å². The predicted molar refractivity (Wildman–Crippen MR) is 84.3 cm³/mol. The number of carboxylic acids is 1. The molecule has 0 amide bonds. The van der Waals surface area contributed by atoms with Crippen LogP contribution in [0.1, 0.15) is 23.1 Å². The van der Waals surface area contributed by atoms with Crippen molar-refractivity contribution >= 4 is 5.97 Å². The number of hydrogen-bond donors (Lipinski definition) is 2. The van der Waals surface area contributed by atoms with E-state index in [0.29, 0.717) is 0 Å². The standard InChI is InChI=1S/C18H21NO2/c20-18(21)13-16-10-4-5-11-17(16)14-19-12-6-9-15-7-2-1-3-8-15/h1-5,7-8,10-11,19H,6,9,12-14H2,(H,20,21). The number of nitrogens with one attached hydrogen (secondary N) is 1. The highest BCUT2D eigenvalue weighted by Gasteiger charge is 2.05. The third-order valence-electron chi connectivity index (χ3n) is 3.44. The van der Waals surface area contributed by atoms with Crippen LogP contribution < -0.4 is 5.32 Å². The Kier molecular flexibility index (Phi) is 5.98. The van der Waals surface area contributed by atoms with E-state index in [4.69, 9.17) is 5.11 Å². The summed E-state index contributed by atoms with van der Waals surface area (Å²) in [6.45, 7) is 1.65. The highest BCUT2D eigenvalue weighted by Crippen LogP contribution is 2.09. The largest absolute Gasteiger partial charge is 0.481 e. The maximum absolute atomic E-state index is 10.8. The zero-order chi connectivity index (χ0) is 14.9. The van der Waals surface area contributed by atoms with E-state index in [9.17, 15) is 4.79 Å². The van der Waals surface area contributed by atoms with Gasteiger partial charge in [-0.15, -0.1) is 0 Å². The number of aliphatic carboxylic acids is 1. The Labute approximate surface area is 125 Å². The smallest absolute Gasteiger partial charge is 0.307 e. The molecule has 0 aliphatic heterocycles. The van der Waals surface area contributed by atoms with E-state index in [1.807, 2.05) is 30.3 Å². The summed E-state index contributed by atoms with van der Waals surface area (Å²) in [6, 6.07) is 18.1. The summed E-state index contributed by atoms with van der Waals surface area (Å²) in [5.74, 6) is -0.786. The van der Waals surface area contributed by atoms with Crippen LogP contribution in [-0.2, 0) is 24.2 Å². The van der Waals surface area contributed by atoms with Gasteiger partial charge in [0.1, 0.15) is 0 Å². The Balaban J connectivity index is 1.75. The number of aryl methyl sites for hydroxylation is 1. The van der Waals surface area contributed by atoms with Gasteiger partial charge in [0.25, 0.3) is 0 Å². The first-order valence-corrected chi connectivity index (χ1v) is 7.29. The van der Waals surface area contributed by atoms with Crippen molar-refractivity contribution in [1.82, 2.24) is 5.32 Å². The molecule has 110 valence electrons. The summed E-state index contributed by atoms with van der Waals surface area (Å²) in [7, 11) is 0. The lowest BCUT2D eigenvalue weighted by Crippen LogP contribution is -2.17. The minimum Gasteiger partial charge on any atom is -0.481 e. The topological polar surface area (TPSA) is 49.3 Å². The maximum atomic E-state index is 10.8. The minimum absolute atomic E-state index is 0.0852. The zero-order valence-corrected chi connectivity index (χ0v) is 12.1. The summed E-state index contributed by atoms with van der Waals surface area (Å²) in [5.41, 5.74) is 3.31. The Morgan fingerprint density at radius 3 is 2.33 bits per heavy atom. The highest BCUT2D eigenvalue weighted by atomic mass is 16.4. The normalized spacial score (nSPS) is 10.5. The van der Waals surface area contributed by atoms with Gasteiger partial charge in [0, 0.05) is 6.54 Å². The molecule has 0 saturated heterocycles. The van der Waals surface area contributed by atoms with Crippen molar-refractivity contribution in [3.63, 3.8) is 0 Å². The molecule has 0 heterocycles. The summed E-state index contributed by atoms with van der Waals surface area (Å²) >= 11 is 0. The van der Waals surface area contributed by atoms with Crippen LogP contribution in [0, 0.1) is 0 Å². The van der Waals surface area contributed by atoms with Gasteiger partial charge in [-0.3, -0.25) is 4.79 Å². The molecule has 0 spiro atoms. The molecule has 0 saturated carbocycles. The second-order valence-corrected chi connectivity index (χ2v) is 5.11. The van der Waals surface area contributed by atoms with Crippen LogP contribution in [0.25, 0.3) is 0 Å². The fourth-order valence-electron chi connectivity index (χ4n) is 2.35. The molecule has 3 nitrogen and oxygen atoms in total. The lowest BCUT2D eigenvalue weighted by atomic mass is 10.0. The fourth-order valence-corrected chi connectivity index (χ4v) is 2.35. The van der Waals surface area contributed by atoms with E-state index in [2.05, 4.69) is 29.6 Å². The number of carbonyl (C=O) groups is 1. The second kappa shape index (κ2) is 8.22. The molecule has 2 aromatic carbocycles. The van der Waals surface area contributed by atoms with Gasteiger partial charge in [0.2, 0.25) is 0 Å². The number of benzene rings is 2. The lowest BCUT2D eigenvalue weighted by Gasteiger charge is -2.09. The molecular formula is C18H21NO2. The Hall–Kier alpha value is -2.13. The first kappa shape index (κ1) is 15.3. The molecule has 0 aliphatic carbocycles. The SMILES string of the molecule is O=C(O)Cc1ccccc1CNCCCc1ccccc1.